The molecule has 0 N–H and O–H groups in total. The molecular weight excluding hydrogens is 168 g/mol. The Morgan fingerprint density at radius 3 is 2.31 bits per heavy atom. The minimum atomic E-state index is -0.158. The van der Waals surface area contributed by atoms with Crippen LogP contribution in [0.1, 0.15) is 44.9 Å². The average molecular weight is 184 g/mol. The van der Waals surface area contributed by atoms with E-state index in [-0.39, 0.29) is 18.4 Å². The Labute approximate surface area is 78.5 Å². The highest BCUT2D eigenvalue weighted by atomic mass is 16.5. The Hall–Kier alpha value is -0.860. The van der Waals surface area contributed by atoms with Crippen molar-refractivity contribution in [3.63, 3.8) is 0 Å². The third kappa shape index (κ3) is 4.65. The van der Waals surface area contributed by atoms with E-state index in [9.17, 15) is 9.59 Å². The summed E-state index contributed by atoms with van der Waals surface area (Å²) in [6.07, 6.45) is 5.50. The van der Waals surface area contributed by atoms with Crippen molar-refractivity contribution >= 4 is 11.8 Å². The highest BCUT2D eigenvalue weighted by molar-refractivity contribution is 5.78. The van der Waals surface area contributed by atoms with Crippen molar-refractivity contribution in [3.05, 3.63) is 0 Å². The summed E-state index contributed by atoms with van der Waals surface area (Å²) in [5.74, 6) is 0.0596. The number of ketones is 1. The second-order valence-corrected chi connectivity index (χ2v) is 3.42. The van der Waals surface area contributed by atoms with E-state index < -0.39 is 0 Å². The Balaban J connectivity index is 2.31. The summed E-state index contributed by atoms with van der Waals surface area (Å²) >= 11 is 0. The van der Waals surface area contributed by atoms with Gasteiger partial charge in [0.2, 0.25) is 0 Å². The smallest absolute Gasteiger partial charge is 0.305 e. The van der Waals surface area contributed by atoms with E-state index in [0.717, 1.165) is 25.7 Å². The van der Waals surface area contributed by atoms with Crippen LogP contribution in [0.25, 0.3) is 0 Å². The van der Waals surface area contributed by atoms with Gasteiger partial charge in [-0.05, 0) is 12.8 Å². The monoisotopic (exact) mass is 184 g/mol. The summed E-state index contributed by atoms with van der Waals surface area (Å²) in [4.78, 5) is 22.1. The molecule has 1 fully saturated rings. The first-order valence-electron chi connectivity index (χ1n) is 4.96. The summed E-state index contributed by atoms with van der Waals surface area (Å²) in [6.45, 7) is 0.275. The zero-order valence-corrected chi connectivity index (χ0v) is 7.88. The molecule has 0 spiro atoms. The van der Waals surface area contributed by atoms with Crippen LogP contribution < -0.4 is 0 Å². The second kappa shape index (κ2) is 5.73. The summed E-state index contributed by atoms with van der Waals surface area (Å²) in [6, 6.07) is 0. The Morgan fingerprint density at radius 1 is 0.846 bits per heavy atom. The van der Waals surface area contributed by atoms with Gasteiger partial charge in [0.15, 0.2) is 0 Å². The summed E-state index contributed by atoms with van der Waals surface area (Å²) in [5.41, 5.74) is 0. The zero-order valence-electron chi connectivity index (χ0n) is 7.88. The zero-order chi connectivity index (χ0) is 9.52. The predicted molar refractivity (Wildman–Crippen MR) is 48.3 cm³/mol. The van der Waals surface area contributed by atoms with Gasteiger partial charge in [0.25, 0.3) is 0 Å². The largest absolute Gasteiger partial charge is 0.465 e. The minimum absolute atomic E-state index is 0.158. The average Bonchev–Trinajstić information content (AvgIpc) is 2.13. The van der Waals surface area contributed by atoms with E-state index >= 15 is 0 Å². The maximum absolute atomic E-state index is 11.1. The van der Waals surface area contributed by atoms with Crippen LogP contribution >= 0.6 is 0 Å². The van der Waals surface area contributed by atoms with E-state index in [1.807, 2.05) is 0 Å². The number of hydrogen-bond donors (Lipinski definition) is 0. The standard InChI is InChI=1S/C10H16O3/c11-9-5-3-1-2-4-6-10(12)13-8-7-9/h1-8H2. The Morgan fingerprint density at radius 2 is 1.54 bits per heavy atom. The van der Waals surface area contributed by atoms with Crippen LogP contribution in [0.3, 0.4) is 0 Å². The van der Waals surface area contributed by atoms with Crippen LogP contribution in [0.15, 0.2) is 0 Å². The van der Waals surface area contributed by atoms with Gasteiger partial charge >= 0.3 is 5.97 Å². The number of ether oxygens (including phenoxy) is 1. The SMILES string of the molecule is O=C1CCCCCCC(=O)OCC1. The Kier molecular flexibility index (Phi) is 4.50. The second-order valence-electron chi connectivity index (χ2n) is 3.42. The summed E-state index contributed by atoms with van der Waals surface area (Å²) in [7, 11) is 0. The molecule has 0 atom stereocenters. The molecular formula is C10H16O3. The van der Waals surface area contributed by atoms with Crippen molar-refractivity contribution in [2.24, 2.45) is 0 Å². The van der Waals surface area contributed by atoms with Gasteiger partial charge in [-0.25, -0.2) is 0 Å². The van der Waals surface area contributed by atoms with Gasteiger partial charge in [0, 0.05) is 19.3 Å². The van der Waals surface area contributed by atoms with Crippen LogP contribution in [0.4, 0.5) is 0 Å². The van der Waals surface area contributed by atoms with Crippen molar-refractivity contribution in [1.82, 2.24) is 0 Å². The van der Waals surface area contributed by atoms with Gasteiger partial charge in [-0.2, -0.15) is 0 Å². The molecule has 13 heavy (non-hydrogen) atoms. The van der Waals surface area contributed by atoms with E-state index in [2.05, 4.69) is 0 Å². The molecule has 1 aliphatic rings. The van der Waals surface area contributed by atoms with Crippen LogP contribution in [-0.2, 0) is 14.3 Å². The summed E-state index contributed by atoms with van der Waals surface area (Å²) < 4.78 is 4.88. The molecule has 0 saturated carbocycles. The first-order chi connectivity index (χ1) is 6.29. The van der Waals surface area contributed by atoms with E-state index in [4.69, 9.17) is 4.74 Å². The van der Waals surface area contributed by atoms with E-state index in [0.29, 0.717) is 19.3 Å². The number of rotatable bonds is 0. The van der Waals surface area contributed by atoms with Crippen LogP contribution in [0, 0.1) is 0 Å². The molecule has 0 aliphatic carbocycles. The van der Waals surface area contributed by atoms with Crippen LogP contribution in [-0.4, -0.2) is 18.4 Å². The van der Waals surface area contributed by atoms with Gasteiger partial charge < -0.3 is 4.74 Å². The highest BCUT2D eigenvalue weighted by Gasteiger charge is 2.07. The third-order valence-electron chi connectivity index (χ3n) is 2.23. The van der Waals surface area contributed by atoms with E-state index in [1.165, 1.54) is 0 Å². The van der Waals surface area contributed by atoms with Crippen LogP contribution in [0.5, 0.6) is 0 Å². The molecule has 1 rings (SSSR count). The quantitative estimate of drug-likeness (QED) is 0.539. The molecule has 0 aromatic rings. The lowest BCUT2D eigenvalue weighted by molar-refractivity contribution is -0.144. The van der Waals surface area contributed by atoms with Gasteiger partial charge in [-0.3, -0.25) is 9.59 Å². The number of esters is 1. The number of carbonyl (C=O) groups excluding carboxylic acids is 2. The molecule has 1 heterocycles. The molecule has 0 bridgehead atoms. The molecule has 1 aliphatic heterocycles. The van der Waals surface area contributed by atoms with Gasteiger partial charge in [-0.15, -0.1) is 0 Å². The molecule has 0 amide bonds. The van der Waals surface area contributed by atoms with E-state index in [1.54, 1.807) is 0 Å². The first-order valence-corrected chi connectivity index (χ1v) is 4.96. The molecule has 0 unspecified atom stereocenters. The van der Waals surface area contributed by atoms with Crippen molar-refractivity contribution in [2.45, 2.75) is 44.9 Å². The molecule has 0 radical (unpaired) electrons. The number of cyclic esters (lactones) is 1. The van der Waals surface area contributed by atoms with Crippen LogP contribution in [0.2, 0.25) is 0 Å². The van der Waals surface area contributed by atoms with Crippen molar-refractivity contribution in [1.29, 1.82) is 0 Å². The van der Waals surface area contributed by atoms with Gasteiger partial charge in [0.05, 0.1) is 6.61 Å². The van der Waals surface area contributed by atoms with Crippen molar-refractivity contribution in [2.75, 3.05) is 6.61 Å². The molecule has 3 heteroatoms. The number of carbonyl (C=O) groups is 2. The lowest BCUT2D eigenvalue weighted by atomic mass is 10.1. The van der Waals surface area contributed by atoms with Crippen molar-refractivity contribution < 1.29 is 14.3 Å². The molecule has 74 valence electrons. The first kappa shape index (κ1) is 10.2. The fraction of sp³-hybridized carbons (Fsp3) is 0.800. The molecule has 3 nitrogen and oxygen atoms in total. The molecule has 0 aromatic carbocycles. The normalized spacial score (nSPS) is 21.8. The predicted octanol–water partition coefficient (Wildman–Crippen LogP) is 1.84. The lowest BCUT2D eigenvalue weighted by Crippen LogP contribution is -2.08. The highest BCUT2D eigenvalue weighted by Crippen LogP contribution is 2.09. The lowest BCUT2D eigenvalue weighted by Gasteiger charge is -2.01. The van der Waals surface area contributed by atoms with Gasteiger partial charge in [-0.1, -0.05) is 12.8 Å². The Bertz CT molecular complexity index is 167. The minimum Gasteiger partial charge on any atom is -0.465 e. The van der Waals surface area contributed by atoms with Crippen molar-refractivity contribution in [3.8, 4) is 0 Å². The fourth-order valence-corrected chi connectivity index (χ4v) is 1.42. The number of hydrogen-bond acceptors (Lipinski definition) is 3. The maximum Gasteiger partial charge on any atom is 0.305 e. The van der Waals surface area contributed by atoms with Gasteiger partial charge in [0.1, 0.15) is 5.78 Å². The maximum atomic E-state index is 11.1. The third-order valence-corrected chi connectivity index (χ3v) is 2.23. The topological polar surface area (TPSA) is 43.4 Å². The number of Topliss-reactive ketones (excluding diaryl/α,β-unsaturated/α-hetero) is 1. The fourth-order valence-electron chi connectivity index (χ4n) is 1.42. The molecule has 0 aromatic heterocycles. The summed E-state index contributed by atoms with van der Waals surface area (Å²) in [5, 5.41) is 0. The molecule has 1 saturated heterocycles.